The summed E-state index contributed by atoms with van der Waals surface area (Å²) in [6.45, 7) is 4.02. The summed E-state index contributed by atoms with van der Waals surface area (Å²) in [6.07, 6.45) is 1.45. The quantitative estimate of drug-likeness (QED) is 0.689. The number of nitrogens with zero attached hydrogens (tertiary/aromatic N) is 2. The summed E-state index contributed by atoms with van der Waals surface area (Å²) in [5, 5.41) is 15.1. The number of aromatic carboxylic acids is 1. The van der Waals surface area contributed by atoms with E-state index in [-0.39, 0.29) is 5.56 Å². The molecule has 0 fully saturated rings. The number of carbonyl (C=O) groups is 1. The lowest BCUT2D eigenvalue weighted by molar-refractivity contribution is 0.0696. The minimum Gasteiger partial charge on any atom is -0.478 e. The van der Waals surface area contributed by atoms with Crippen LogP contribution in [0.4, 0.5) is 0 Å². The predicted molar refractivity (Wildman–Crippen MR) is 99.7 cm³/mol. The lowest BCUT2D eigenvalue weighted by Crippen LogP contribution is -2.06. The number of benzene rings is 2. The third-order valence-corrected chi connectivity index (χ3v) is 4.33. The van der Waals surface area contributed by atoms with Crippen molar-refractivity contribution in [1.29, 1.82) is 0 Å². The molecule has 0 radical (unpaired) electrons. The molecule has 0 spiro atoms. The summed E-state index contributed by atoms with van der Waals surface area (Å²) in [6, 6.07) is 15.0. The average Bonchev–Trinajstić information content (AvgIpc) is 2.96. The lowest BCUT2D eigenvalue weighted by Gasteiger charge is -2.07. The van der Waals surface area contributed by atoms with Crippen LogP contribution in [-0.2, 0) is 6.42 Å². The molecule has 0 saturated carbocycles. The maximum atomic E-state index is 12.0. The number of carboxylic acids is 1. The molecule has 0 amide bonds. The largest absolute Gasteiger partial charge is 0.478 e. The van der Waals surface area contributed by atoms with Crippen molar-refractivity contribution in [3.8, 4) is 16.9 Å². The van der Waals surface area contributed by atoms with Gasteiger partial charge in [0.15, 0.2) is 0 Å². The lowest BCUT2D eigenvalue weighted by atomic mass is 10.0. The second-order valence-electron chi connectivity index (χ2n) is 5.98. The molecular weight excluding hydrogens is 336 g/mol. The Balaban J connectivity index is 2.24. The predicted octanol–water partition coefficient (Wildman–Crippen LogP) is 5.15. The number of hydrogen-bond acceptors (Lipinski definition) is 2. The van der Waals surface area contributed by atoms with Gasteiger partial charge in [-0.2, -0.15) is 5.10 Å². The van der Waals surface area contributed by atoms with E-state index in [1.165, 1.54) is 0 Å². The average molecular weight is 355 g/mol. The van der Waals surface area contributed by atoms with Crippen molar-refractivity contribution < 1.29 is 9.90 Å². The Labute approximate surface area is 151 Å². The van der Waals surface area contributed by atoms with Crippen LogP contribution in [0.5, 0.6) is 0 Å². The highest BCUT2D eigenvalue weighted by molar-refractivity contribution is 6.30. The Bertz CT molecular complexity index is 897. The highest BCUT2D eigenvalue weighted by Gasteiger charge is 2.24. The number of halogens is 1. The Kier molecular flexibility index (Phi) is 4.91. The van der Waals surface area contributed by atoms with E-state index < -0.39 is 5.97 Å². The molecule has 1 heterocycles. The second-order valence-corrected chi connectivity index (χ2v) is 6.42. The third-order valence-electron chi connectivity index (χ3n) is 4.08. The molecule has 0 bridgehead atoms. The fourth-order valence-corrected chi connectivity index (χ4v) is 2.98. The Morgan fingerprint density at radius 3 is 2.32 bits per heavy atom. The maximum absolute atomic E-state index is 12.0. The molecule has 0 aliphatic rings. The molecule has 4 nitrogen and oxygen atoms in total. The second kappa shape index (κ2) is 7.11. The van der Waals surface area contributed by atoms with Crippen molar-refractivity contribution in [2.45, 2.75) is 26.7 Å². The minimum atomic E-state index is -0.959. The fourth-order valence-electron chi connectivity index (χ4n) is 2.85. The first kappa shape index (κ1) is 17.2. The summed E-state index contributed by atoms with van der Waals surface area (Å²) < 4.78 is 1.72. The molecule has 0 aliphatic heterocycles. The van der Waals surface area contributed by atoms with Gasteiger partial charge in [0.25, 0.3) is 0 Å². The van der Waals surface area contributed by atoms with E-state index >= 15 is 0 Å². The monoisotopic (exact) mass is 354 g/mol. The summed E-state index contributed by atoms with van der Waals surface area (Å²) in [7, 11) is 0. The summed E-state index contributed by atoms with van der Waals surface area (Å²) in [4.78, 5) is 12.0. The van der Waals surface area contributed by atoms with Gasteiger partial charge in [-0.15, -0.1) is 0 Å². The Morgan fingerprint density at radius 2 is 1.76 bits per heavy atom. The molecule has 2 aromatic carbocycles. The number of aromatic nitrogens is 2. The van der Waals surface area contributed by atoms with Crippen LogP contribution in [0.25, 0.3) is 16.9 Å². The zero-order valence-corrected chi connectivity index (χ0v) is 14.9. The summed E-state index contributed by atoms with van der Waals surface area (Å²) in [5.74, 6) is -0.959. The molecule has 0 unspecified atom stereocenters. The molecule has 0 saturated heterocycles. The van der Waals surface area contributed by atoms with E-state index in [1.54, 1.807) is 16.8 Å². The molecular formula is C20H19ClN2O2. The number of rotatable bonds is 5. The van der Waals surface area contributed by atoms with E-state index in [2.05, 4.69) is 5.10 Å². The van der Waals surface area contributed by atoms with E-state index in [0.29, 0.717) is 22.8 Å². The van der Waals surface area contributed by atoms with Crippen molar-refractivity contribution >= 4 is 17.6 Å². The maximum Gasteiger partial charge on any atom is 0.339 e. The summed E-state index contributed by atoms with van der Waals surface area (Å²) in [5.41, 5.74) is 4.17. The van der Waals surface area contributed by atoms with Gasteiger partial charge in [0.1, 0.15) is 11.3 Å². The van der Waals surface area contributed by atoms with Crippen LogP contribution in [0, 0.1) is 6.92 Å². The molecule has 25 heavy (non-hydrogen) atoms. The zero-order chi connectivity index (χ0) is 18.0. The Morgan fingerprint density at radius 1 is 1.12 bits per heavy atom. The normalized spacial score (nSPS) is 10.8. The Hall–Kier alpha value is -2.59. The zero-order valence-electron chi connectivity index (χ0n) is 14.2. The number of aryl methyl sites for hydroxylation is 1. The van der Waals surface area contributed by atoms with Crippen LogP contribution in [0.2, 0.25) is 5.02 Å². The fraction of sp³-hybridized carbons (Fsp3) is 0.200. The molecule has 5 heteroatoms. The van der Waals surface area contributed by atoms with E-state index in [1.807, 2.05) is 50.2 Å². The van der Waals surface area contributed by atoms with Gasteiger partial charge in [-0.3, -0.25) is 0 Å². The van der Waals surface area contributed by atoms with Crippen LogP contribution in [0.15, 0.2) is 48.5 Å². The van der Waals surface area contributed by atoms with Gasteiger partial charge in [-0.05, 0) is 37.6 Å². The van der Waals surface area contributed by atoms with Gasteiger partial charge in [-0.25, -0.2) is 9.48 Å². The molecule has 1 N–H and O–H groups in total. The van der Waals surface area contributed by atoms with Crippen molar-refractivity contribution in [2.24, 2.45) is 0 Å². The molecule has 128 valence electrons. The molecule has 0 atom stereocenters. The van der Waals surface area contributed by atoms with Crippen molar-refractivity contribution in [3.63, 3.8) is 0 Å². The van der Waals surface area contributed by atoms with Crippen LogP contribution in [-0.4, -0.2) is 20.9 Å². The highest BCUT2D eigenvalue weighted by Crippen LogP contribution is 2.29. The van der Waals surface area contributed by atoms with Crippen LogP contribution in [0.1, 0.15) is 35.0 Å². The van der Waals surface area contributed by atoms with Gasteiger partial charge in [0, 0.05) is 10.6 Å². The van der Waals surface area contributed by atoms with Gasteiger partial charge in [-0.1, -0.05) is 54.8 Å². The smallest absolute Gasteiger partial charge is 0.339 e. The third kappa shape index (κ3) is 3.44. The van der Waals surface area contributed by atoms with Gasteiger partial charge >= 0.3 is 5.97 Å². The molecule has 1 aromatic heterocycles. The van der Waals surface area contributed by atoms with Crippen LogP contribution >= 0.6 is 11.6 Å². The van der Waals surface area contributed by atoms with Crippen LogP contribution in [0.3, 0.4) is 0 Å². The molecule has 3 rings (SSSR count). The van der Waals surface area contributed by atoms with Crippen LogP contribution < -0.4 is 0 Å². The standard InChI is InChI=1S/C20H19ClN2O2/c1-3-4-17-18(20(24)25)19(14-7-5-13(2)6-8-14)22-23(17)16-11-9-15(21)10-12-16/h5-12H,3-4H2,1-2H3,(H,24,25). The molecule has 3 aromatic rings. The minimum absolute atomic E-state index is 0.264. The molecule has 0 aliphatic carbocycles. The first-order valence-electron chi connectivity index (χ1n) is 8.19. The number of carboxylic acid groups (broad SMARTS) is 1. The first-order chi connectivity index (χ1) is 12.0. The van der Waals surface area contributed by atoms with E-state index in [0.717, 1.165) is 23.2 Å². The van der Waals surface area contributed by atoms with Crippen molar-refractivity contribution in [3.05, 3.63) is 70.4 Å². The van der Waals surface area contributed by atoms with Gasteiger partial charge < -0.3 is 5.11 Å². The number of hydrogen-bond donors (Lipinski definition) is 1. The van der Waals surface area contributed by atoms with E-state index in [9.17, 15) is 9.90 Å². The summed E-state index contributed by atoms with van der Waals surface area (Å²) >= 11 is 5.97. The SMILES string of the molecule is CCCc1c(C(=O)O)c(-c2ccc(C)cc2)nn1-c1ccc(Cl)cc1. The van der Waals surface area contributed by atoms with Crippen molar-refractivity contribution in [2.75, 3.05) is 0 Å². The van der Waals surface area contributed by atoms with E-state index in [4.69, 9.17) is 11.6 Å². The van der Waals surface area contributed by atoms with Crippen molar-refractivity contribution in [1.82, 2.24) is 9.78 Å². The topological polar surface area (TPSA) is 55.1 Å². The van der Waals surface area contributed by atoms with Gasteiger partial charge in [0.05, 0.1) is 11.4 Å². The highest BCUT2D eigenvalue weighted by atomic mass is 35.5. The van der Waals surface area contributed by atoms with Gasteiger partial charge in [0.2, 0.25) is 0 Å². The first-order valence-corrected chi connectivity index (χ1v) is 8.57.